The molecule has 1 radical (unpaired) electrons. The van der Waals surface area contributed by atoms with Gasteiger partial charge in [-0.15, -0.1) is 0 Å². The van der Waals surface area contributed by atoms with Crippen LogP contribution in [0.5, 0.6) is 11.5 Å². The van der Waals surface area contributed by atoms with Crippen molar-refractivity contribution in [1.82, 2.24) is 9.97 Å². The number of benzene rings is 2. The van der Waals surface area contributed by atoms with Gasteiger partial charge in [0.05, 0.1) is 11.2 Å². The van der Waals surface area contributed by atoms with E-state index in [1.807, 2.05) is 0 Å². The highest BCUT2D eigenvalue weighted by atomic mass is 16.4. The fourth-order valence-electron chi connectivity index (χ4n) is 3.97. The van der Waals surface area contributed by atoms with Crippen molar-refractivity contribution in [2.24, 2.45) is 11.5 Å². The summed E-state index contributed by atoms with van der Waals surface area (Å²) in [4.78, 5) is 28.7. The third-order valence-electron chi connectivity index (χ3n) is 5.54. The Morgan fingerprint density at radius 2 is 1.72 bits per heavy atom. The van der Waals surface area contributed by atoms with E-state index in [9.17, 15) is 30.0 Å². The van der Waals surface area contributed by atoms with Gasteiger partial charge in [-0.2, -0.15) is 0 Å². The van der Waals surface area contributed by atoms with E-state index in [2.05, 4.69) is 9.97 Å². The van der Waals surface area contributed by atoms with Crippen molar-refractivity contribution in [1.29, 1.82) is 0 Å². The Balaban J connectivity index is 2.01. The molecule has 4 aromatic rings. The van der Waals surface area contributed by atoms with Crippen LogP contribution in [0.3, 0.4) is 0 Å². The third-order valence-corrected chi connectivity index (χ3v) is 5.54. The van der Waals surface area contributed by atoms with Crippen LogP contribution in [-0.4, -0.2) is 44.2 Å². The standard InChI is InChI=1S/C22H21N4O6/c23-13(21(29)30)5-9-8-25-19-17(9)12(7-16(27)20(19)28)18-11(6-14(24)22(31)32)10-3-1-2-4-15(10)26-18/h1-4,7-8,13-14,25-27H,5-6,23-24H2,(H,29,30)(H,31,32)/p-1/t13-,14-/m0/s1. The molecular formula is C22H20N4O6-. The molecule has 0 saturated carbocycles. The number of rotatable bonds is 7. The Labute approximate surface area is 181 Å². The Kier molecular flexibility index (Phi) is 5.25. The molecule has 0 aliphatic rings. The van der Waals surface area contributed by atoms with Crippen LogP contribution < -0.4 is 16.6 Å². The predicted molar refractivity (Wildman–Crippen MR) is 114 cm³/mol. The van der Waals surface area contributed by atoms with Gasteiger partial charge in [0.2, 0.25) is 0 Å². The molecule has 0 amide bonds. The van der Waals surface area contributed by atoms with Gasteiger partial charge in [0.1, 0.15) is 12.1 Å². The quantitative estimate of drug-likeness (QED) is 0.251. The number of carbonyl (C=O) groups is 2. The van der Waals surface area contributed by atoms with Crippen LogP contribution in [0, 0.1) is 0 Å². The van der Waals surface area contributed by atoms with Crippen molar-refractivity contribution in [2.45, 2.75) is 24.9 Å². The molecule has 4 rings (SSSR count). The highest BCUT2D eigenvalue weighted by Gasteiger charge is 2.24. The van der Waals surface area contributed by atoms with Crippen LogP contribution in [0.25, 0.3) is 33.1 Å². The molecule has 0 aliphatic heterocycles. The van der Waals surface area contributed by atoms with Crippen molar-refractivity contribution in [3.05, 3.63) is 47.7 Å². The predicted octanol–water partition coefficient (Wildman–Crippen LogP) is 1.44. The first-order valence-corrected chi connectivity index (χ1v) is 9.76. The molecule has 0 spiro atoms. The lowest BCUT2D eigenvalue weighted by Gasteiger charge is -2.15. The summed E-state index contributed by atoms with van der Waals surface area (Å²) in [5, 5.41) is 44.5. The highest BCUT2D eigenvalue weighted by molar-refractivity contribution is 6.05. The van der Waals surface area contributed by atoms with Crippen LogP contribution in [0.2, 0.25) is 0 Å². The molecule has 2 aromatic heterocycles. The lowest BCUT2D eigenvalue weighted by molar-refractivity contribution is -0.270. The summed E-state index contributed by atoms with van der Waals surface area (Å²) in [5.41, 5.74) is 14.1. The lowest BCUT2D eigenvalue weighted by Crippen LogP contribution is -2.32. The Morgan fingerprint density at radius 1 is 1.06 bits per heavy atom. The second-order valence-electron chi connectivity index (χ2n) is 7.64. The van der Waals surface area contributed by atoms with Crippen LogP contribution >= 0.6 is 0 Å². The Bertz CT molecular complexity index is 1360. The summed E-state index contributed by atoms with van der Waals surface area (Å²) in [7, 11) is 0. The first kappa shape index (κ1) is 21.2. The number of aromatic amines is 2. The largest absolute Gasteiger partial charge is 0.870 e. The van der Waals surface area contributed by atoms with Crippen LogP contribution in [0.1, 0.15) is 11.1 Å². The summed E-state index contributed by atoms with van der Waals surface area (Å²) in [6.07, 6.45) is 1.35. The smallest absolute Gasteiger partial charge is 0.320 e. The van der Waals surface area contributed by atoms with Crippen LogP contribution in [0.15, 0.2) is 36.5 Å². The van der Waals surface area contributed by atoms with Gasteiger partial charge >= 0.3 is 11.9 Å². The van der Waals surface area contributed by atoms with Gasteiger partial charge in [0.25, 0.3) is 0 Å². The fraction of sp³-hybridized carbons (Fsp3) is 0.182. The molecule has 0 saturated heterocycles. The fourth-order valence-corrected chi connectivity index (χ4v) is 3.97. The number of para-hydroxylation sites is 1. The third kappa shape index (κ3) is 3.51. The van der Waals surface area contributed by atoms with Gasteiger partial charge in [0, 0.05) is 40.9 Å². The summed E-state index contributed by atoms with van der Waals surface area (Å²) in [5.74, 6) is -3.89. The van der Waals surface area contributed by atoms with Gasteiger partial charge < -0.3 is 36.8 Å². The number of hydrogen-bond acceptors (Lipinski definition) is 5. The molecule has 0 aliphatic carbocycles. The number of aromatic nitrogens is 2. The molecule has 0 fully saturated rings. The Hall–Kier alpha value is -4.02. The van der Waals surface area contributed by atoms with E-state index in [1.165, 1.54) is 12.3 Å². The Morgan fingerprint density at radius 3 is 2.41 bits per heavy atom. The van der Waals surface area contributed by atoms with E-state index in [0.29, 0.717) is 33.3 Å². The van der Waals surface area contributed by atoms with Crippen LogP contribution in [0.4, 0.5) is 0 Å². The highest BCUT2D eigenvalue weighted by Crippen LogP contribution is 2.43. The number of carboxylic acid groups (broad SMARTS) is 2. The summed E-state index contributed by atoms with van der Waals surface area (Å²) >= 11 is 0. The topological polar surface area (TPSA) is 201 Å². The van der Waals surface area contributed by atoms with Crippen molar-refractivity contribution >= 4 is 33.7 Å². The van der Waals surface area contributed by atoms with Crippen LogP contribution in [-0.2, 0) is 27.5 Å². The minimum absolute atomic E-state index is 0.0299. The number of aliphatic carboxylic acids is 2. The van der Waals surface area contributed by atoms with Gasteiger partial charge in [-0.3, -0.25) is 14.7 Å². The average molecular weight is 436 g/mol. The van der Waals surface area contributed by atoms with Gasteiger partial charge in [-0.1, -0.05) is 30.0 Å². The molecule has 2 heterocycles. The molecule has 0 bridgehead atoms. The van der Waals surface area contributed by atoms with Crippen molar-refractivity contribution in [3.8, 4) is 22.8 Å². The van der Waals surface area contributed by atoms with Crippen molar-refractivity contribution in [3.63, 3.8) is 0 Å². The zero-order valence-corrected chi connectivity index (χ0v) is 16.7. The zero-order valence-electron chi connectivity index (χ0n) is 16.7. The minimum atomic E-state index is -1.22. The number of H-pyrrole nitrogens is 2. The number of hydrogen-bond donors (Lipinski definition) is 6. The van der Waals surface area contributed by atoms with E-state index < -0.39 is 35.5 Å². The molecule has 2 atom stereocenters. The average Bonchev–Trinajstić information content (AvgIpc) is 3.33. The van der Waals surface area contributed by atoms with Crippen molar-refractivity contribution < 1.29 is 30.0 Å². The number of carboxylic acids is 2. The van der Waals surface area contributed by atoms with E-state index in [4.69, 9.17) is 11.5 Å². The summed E-state index contributed by atoms with van der Waals surface area (Å²) < 4.78 is 0. The maximum Gasteiger partial charge on any atom is 0.320 e. The first-order valence-electron chi connectivity index (χ1n) is 9.76. The second-order valence-corrected chi connectivity index (χ2v) is 7.64. The normalized spacial score (nSPS) is 13.4. The molecule has 10 heteroatoms. The van der Waals surface area contributed by atoms with Gasteiger partial charge in [0.15, 0.2) is 5.75 Å². The molecule has 10 nitrogen and oxygen atoms in total. The molecule has 0 unspecified atom stereocenters. The molecule has 8 N–H and O–H groups in total. The first-order chi connectivity index (χ1) is 15.2. The van der Waals surface area contributed by atoms with Crippen molar-refractivity contribution in [2.75, 3.05) is 0 Å². The number of nitrogens with two attached hydrogens (primary N) is 2. The SMILES string of the molecule is N[C@@H](Cc1c(-c2cc([O-])c([O])c3[nH]cc(C[C@H](N)C(=O)O)c23)[nH]c2ccccc12)C(=O)O. The maximum absolute atomic E-state index is 12.5. The molecule has 165 valence electrons. The lowest BCUT2D eigenvalue weighted by atomic mass is 9.94. The monoisotopic (exact) mass is 436 g/mol. The molecule has 32 heavy (non-hydrogen) atoms. The van der Waals surface area contributed by atoms with E-state index in [1.54, 1.807) is 24.3 Å². The maximum atomic E-state index is 12.5. The molecule has 2 aromatic carbocycles. The number of fused-ring (bicyclic) bond motifs is 2. The molecular weight excluding hydrogens is 416 g/mol. The van der Waals surface area contributed by atoms with E-state index >= 15 is 0 Å². The number of nitrogens with one attached hydrogen (secondary N) is 2. The van der Waals surface area contributed by atoms with E-state index in [0.717, 1.165) is 5.39 Å². The summed E-state index contributed by atoms with van der Waals surface area (Å²) in [6.45, 7) is 0. The minimum Gasteiger partial charge on any atom is -0.870 e. The van der Waals surface area contributed by atoms with Gasteiger partial charge in [-0.05, 0) is 17.2 Å². The zero-order chi connectivity index (χ0) is 23.2. The van der Waals surface area contributed by atoms with Gasteiger partial charge in [-0.25, -0.2) is 0 Å². The van der Waals surface area contributed by atoms with E-state index in [-0.39, 0.29) is 18.4 Å². The summed E-state index contributed by atoms with van der Waals surface area (Å²) in [6, 6.07) is 5.95. The second kappa shape index (κ2) is 7.91.